The van der Waals surface area contributed by atoms with Gasteiger partial charge in [-0.15, -0.1) is 0 Å². The van der Waals surface area contributed by atoms with E-state index in [1.165, 1.54) is 257 Å². The van der Waals surface area contributed by atoms with Gasteiger partial charge < -0.3 is 41.3 Å². The number of carbonyl (C=O) groups excluding carboxylic acids is 5. The maximum absolute atomic E-state index is 13.5. The fraction of sp³-hybridized carbons (Fsp3) is 0.938. The van der Waals surface area contributed by atoms with E-state index in [-0.39, 0.29) is 23.6 Å². The largest absolute Gasteiger partial charge is 0.356 e. The molecule has 13 heteroatoms. The first-order chi connectivity index (χ1) is 46.2. The van der Waals surface area contributed by atoms with Crippen LogP contribution in [0.5, 0.6) is 0 Å². The Bertz CT molecular complexity index is 1580. The van der Waals surface area contributed by atoms with Crippen molar-refractivity contribution in [1.82, 2.24) is 41.3 Å². The molecule has 0 aliphatic rings. The highest BCUT2D eigenvalue weighted by Crippen LogP contribution is 2.16. The van der Waals surface area contributed by atoms with Crippen molar-refractivity contribution < 1.29 is 24.0 Å². The van der Waals surface area contributed by atoms with Crippen LogP contribution in [0.1, 0.15) is 394 Å². The van der Waals surface area contributed by atoms with Crippen molar-refractivity contribution in [1.29, 1.82) is 0 Å². The van der Waals surface area contributed by atoms with Gasteiger partial charge in [0.05, 0.1) is 0 Å². The fourth-order valence-corrected chi connectivity index (χ4v) is 12.9. The number of nitrogens with zero attached hydrogens (tertiary/aromatic N) is 3. The molecule has 0 radical (unpaired) electrons. The van der Waals surface area contributed by atoms with Gasteiger partial charge in [0.2, 0.25) is 23.6 Å². The van der Waals surface area contributed by atoms with E-state index in [2.05, 4.69) is 75.9 Å². The van der Waals surface area contributed by atoms with Crippen LogP contribution in [0.25, 0.3) is 0 Å². The molecule has 0 atom stereocenters. The van der Waals surface area contributed by atoms with Gasteiger partial charge in [-0.05, 0) is 32.1 Å². The van der Waals surface area contributed by atoms with Gasteiger partial charge in [0.15, 0.2) is 0 Å². The van der Waals surface area contributed by atoms with Gasteiger partial charge in [-0.25, -0.2) is 0 Å². The third-order valence-electron chi connectivity index (χ3n) is 19.5. The summed E-state index contributed by atoms with van der Waals surface area (Å²) < 4.78 is 0. The Kier molecular flexibility index (Phi) is 74.0. The Balaban J connectivity index is 5.82. The Hall–Kier alpha value is -2.61. The lowest BCUT2D eigenvalue weighted by molar-refractivity contribution is -0.123. The smallest absolute Gasteiger partial charge is 0.221 e. The molecular weight excluding hydrogens is 1160 g/mol. The van der Waals surface area contributed by atoms with E-state index in [1.54, 1.807) is 0 Å². The van der Waals surface area contributed by atoms with Gasteiger partial charge >= 0.3 is 0 Å². The van der Waals surface area contributed by atoms with Gasteiger partial charge in [-0.1, -0.05) is 324 Å². The number of ketones is 1. The molecule has 0 aromatic carbocycles. The highest BCUT2D eigenvalue weighted by molar-refractivity contribution is 5.78. The van der Waals surface area contributed by atoms with Crippen molar-refractivity contribution >= 4 is 29.4 Å². The quantitative estimate of drug-likeness (QED) is 0.0374. The van der Waals surface area contributed by atoms with Crippen LogP contribution in [-0.4, -0.2) is 142 Å². The molecule has 0 saturated heterocycles. The Labute approximate surface area is 584 Å². The van der Waals surface area contributed by atoms with Crippen molar-refractivity contribution in [2.75, 3.05) is 98.2 Å². The van der Waals surface area contributed by atoms with Gasteiger partial charge in [0.25, 0.3) is 0 Å². The van der Waals surface area contributed by atoms with Crippen molar-refractivity contribution in [3.05, 3.63) is 0 Å². The molecule has 0 aromatic rings. The summed E-state index contributed by atoms with van der Waals surface area (Å²) in [6.07, 6.45) is 66.1. The summed E-state index contributed by atoms with van der Waals surface area (Å²) in [5, 5.41) is 16.5. The molecule has 0 rings (SSSR count). The first-order valence-electron chi connectivity index (χ1n) is 41.6. The summed E-state index contributed by atoms with van der Waals surface area (Å²) >= 11 is 0. The van der Waals surface area contributed by atoms with E-state index in [1.807, 2.05) is 0 Å². The van der Waals surface area contributed by atoms with Crippen LogP contribution in [0.15, 0.2) is 0 Å². The summed E-state index contributed by atoms with van der Waals surface area (Å²) in [5.41, 5.74) is 0. The van der Waals surface area contributed by atoms with E-state index in [0.717, 1.165) is 110 Å². The molecule has 556 valence electrons. The zero-order valence-electron chi connectivity index (χ0n) is 63.6. The summed E-state index contributed by atoms with van der Waals surface area (Å²) in [6.45, 7) is 21.7. The molecule has 0 aliphatic heterocycles. The van der Waals surface area contributed by atoms with Crippen LogP contribution in [0, 0.1) is 0 Å². The Morgan fingerprint density at radius 3 is 0.628 bits per heavy atom. The van der Waals surface area contributed by atoms with Crippen molar-refractivity contribution in [2.24, 2.45) is 0 Å². The fourth-order valence-electron chi connectivity index (χ4n) is 12.9. The molecule has 0 bridgehead atoms. The minimum absolute atomic E-state index is 0.0769. The molecule has 13 nitrogen and oxygen atoms in total. The second-order valence-corrected chi connectivity index (χ2v) is 28.6. The van der Waals surface area contributed by atoms with Crippen LogP contribution < -0.4 is 26.6 Å². The Morgan fingerprint density at radius 1 is 0.191 bits per heavy atom. The maximum Gasteiger partial charge on any atom is 0.221 e. The molecule has 4 amide bonds. The predicted molar refractivity (Wildman–Crippen MR) is 406 cm³/mol. The zero-order chi connectivity index (χ0) is 68.4. The minimum Gasteiger partial charge on any atom is -0.356 e. The SMILES string of the molecule is CCCCCCCCCCCCCC(=O)CCN(CCNCCN(CCC(=O)NCCCCCCCCCCCC)CCC(=O)NCCCCCCCCCCCC)CCN(CCC(=O)NCCCCCCCCCCC)CCC(=O)NCCCCCCCCCCCC. The standard InChI is InChI=1S/C81H162N8O5/c1-6-11-16-21-26-31-35-36-41-46-51-56-77(90)57-68-89(76-75-88(71-60-80(93)85-64-52-47-42-37-30-25-20-15-10-5)72-61-81(94)86-65-55-50-45-40-34-29-24-19-14-9-4)74-67-82-66-73-87(69-58-78(91)83-62-53-48-43-38-32-27-22-17-12-7-2)70-59-79(92)84-63-54-49-44-39-33-28-23-18-13-8-3/h82H,6-76H2,1-5H3,(H,83,91)(H,84,92)(H,85,93)(H,86,94). The highest BCUT2D eigenvalue weighted by atomic mass is 16.2. The molecule has 0 heterocycles. The van der Waals surface area contributed by atoms with Crippen LogP contribution >= 0.6 is 0 Å². The number of Topliss-reactive ketones (excluding diaryl/α,β-unsaturated/α-hetero) is 1. The number of amides is 4. The van der Waals surface area contributed by atoms with E-state index in [0.29, 0.717) is 96.7 Å². The number of hydrogen-bond acceptors (Lipinski definition) is 9. The van der Waals surface area contributed by atoms with Crippen LogP contribution in [0.4, 0.5) is 0 Å². The van der Waals surface area contributed by atoms with E-state index >= 15 is 0 Å². The number of carbonyl (C=O) groups is 5. The topological polar surface area (TPSA) is 155 Å². The van der Waals surface area contributed by atoms with Gasteiger partial charge in [0.1, 0.15) is 5.78 Å². The van der Waals surface area contributed by atoms with Crippen molar-refractivity contribution in [3.63, 3.8) is 0 Å². The van der Waals surface area contributed by atoms with Gasteiger partial charge in [-0.3, -0.25) is 24.0 Å². The second kappa shape index (κ2) is 76.1. The third kappa shape index (κ3) is 70.7. The molecule has 0 aromatic heterocycles. The van der Waals surface area contributed by atoms with Crippen LogP contribution in [0.3, 0.4) is 0 Å². The molecule has 94 heavy (non-hydrogen) atoms. The molecule has 0 aliphatic carbocycles. The molecule has 0 unspecified atom stereocenters. The lowest BCUT2D eigenvalue weighted by atomic mass is 10.0. The van der Waals surface area contributed by atoms with Crippen LogP contribution in [0.2, 0.25) is 0 Å². The maximum atomic E-state index is 13.5. The number of hydrogen-bond donors (Lipinski definition) is 5. The van der Waals surface area contributed by atoms with Crippen LogP contribution in [-0.2, 0) is 24.0 Å². The molecule has 0 spiro atoms. The lowest BCUT2D eigenvalue weighted by Crippen LogP contribution is -2.43. The average molecular weight is 1330 g/mol. The molecule has 5 N–H and O–H groups in total. The van der Waals surface area contributed by atoms with E-state index < -0.39 is 0 Å². The summed E-state index contributed by atoms with van der Waals surface area (Å²) in [7, 11) is 0. The van der Waals surface area contributed by atoms with Crippen molar-refractivity contribution in [2.45, 2.75) is 394 Å². The van der Waals surface area contributed by atoms with E-state index in [9.17, 15) is 24.0 Å². The Morgan fingerprint density at radius 2 is 0.383 bits per heavy atom. The first kappa shape index (κ1) is 91.4. The highest BCUT2D eigenvalue weighted by Gasteiger charge is 2.16. The average Bonchev–Trinajstić information content (AvgIpc) is 3.48. The molecule has 0 saturated carbocycles. The van der Waals surface area contributed by atoms with Gasteiger partial charge in [-0.2, -0.15) is 0 Å². The summed E-state index contributed by atoms with van der Waals surface area (Å²) in [4.78, 5) is 73.4. The normalized spacial score (nSPS) is 11.6. The zero-order valence-corrected chi connectivity index (χ0v) is 63.6. The lowest BCUT2D eigenvalue weighted by Gasteiger charge is -2.28. The van der Waals surface area contributed by atoms with E-state index in [4.69, 9.17) is 0 Å². The number of rotatable bonds is 79. The number of nitrogens with one attached hydrogen (secondary N) is 5. The predicted octanol–water partition coefficient (Wildman–Crippen LogP) is 19.5. The minimum atomic E-state index is 0.0769. The monoisotopic (exact) mass is 1330 g/mol. The summed E-state index contributed by atoms with van der Waals surface area (Å²) in [6, 6.07) is 0. The first-order valence-corrected chi connectivity index (χ1v) is 41.6. The van der Waals surface area contributed by atoms with Crippen molar-refractivity contribution in [3.8, 4) is 0 Å². The molecular formula is C81H162N8O5. The van der Waals surface area contributed by atoms with Gasteiger partial charge in [0, 0.05) is 137 Å². The second-order valence-electron chi connectivity index (χ2n) is 28.6. The number of unbranched alkanes of at least 4 members (excludes halogenated alkanes) is 45. The third-order valence-corrected chi connectivity index (χ3v) is 19.5. The molecule has 0 fully saturated rings. The summed E-state index contributed by atoms with van der Waals surface area (Å²) in [5.74, 6) is 0.662.